The molecule has 2 fully saturated rings. The minimum Gasteiger partial charge on any atom is -0.593 e. The summed E-state index contributed by atoms with van der Waals surface area (Å²) in [6.45, 7) is 1.09. The van der Waals surface area contributed by atoms with Gasteiger partial charge >= 0.3 is 12.3 Å². The predicted molar refractivity (Wildman–Crippen MR) is 81.2 cm³/mol. The highest BCUT2D eigenvalue weighted by molar-refractivity contribution is 7.95. The van der Waals surface area contributed by atoms with Crippen molar-refractivity contribution in [1.29, 1.82) is 0 Å². The molecule has 1 aromatic rings. The van der Waals surface area contributed by atoms with E-state index in [9.17, 15) is 26.7 Å². The Morgan fingerprint density at radius 3 is 2.44 bits per heavy atom. The van der Waals surface area contributed by atoms with Crippen molar-refractivity contribution in [3.63, 3.8) is 0 Å². The number of ether oxygens (including phenoxy) is 1. The highest BCUT2D eigenvalue weighted by Crippen LogP contribution is 2.33. The van der Waals surface area contributed by atoms with Crippen LogP contribution >= 0.6 is 0 Å². The van der Waals surface area contributed by atoms with Crippen LogP contribution in [0.15, 0.2) is 29.2 Å². The summed E-state index contributed by atoms with van der Waals surface area (Å²) in [7, 11) is -4.01. The van der Waals surface area contributed by atoms with E-state index in [1.165, 1.54) is 4.31 Å². The van der Waals surface area contributed by atoms with Crippen LogP contribution in [0.5, 0.6) is 0 Å². The van der Waals surface area contributed by atoms with E-state index in [2.05, 4.69) is 0 Å². The van der Waals surface area contributed by atoms with E-state index >= 15 is 0 Å². The van der Waals surface area contributed by atoms with Gasteiger partial charge in [0.15, 0.2) is 15.3 Å². The monoisotopic (exact) mass is 378 g/mol. The van der Waals surface area contributed by atoms with Crippen molar-refractivity contribution >= 4 is 16.5 Å². The molecule has 2 aliphatic heterocycles. The molecule has 10 heteroatoms. The maximum atomic E-state index is 12.8. The number of rotatable bonds is 3. The summed E-state index contributed by atoms with van der Waals surface area (Å²) in [5.74, 6) is 0. The second kappa shape index (κ2) is 6.58. The lowest BCUT2D eigenvalue weighted by atomic mass is 10.1. The van der Waals surface area contributed by atoms with Gasteiger partial charge in [0, 0.05) is 25.2 Å². The largest absolute Gasteiger partial charge is 0.593 e. The number of nitrogens with zero attached hydrogens (tertiary/aromatic N) is 2. The first-order valence-electron chi connectivity index (χ1n) is 7.80. The number of halogens is 3. The average Bonchev–Trinajstić information content (AvgIpc) is 3.00. The van der Waals surface area contributed by atoms with Gasteiger partial charge in [-0.1, -0.05) is 10.3 Å². The van der Waals surface area contributed by atoms with Crippen molar-refractivity contribution in [2.24, 2.45) is 0 Å². The number of benzene rings is 1. The topological polar surface area (TPSA) is 72.9 Å². The smallest absolute Gasteiger partial charge is 0.416 e. The SMILES string of the molecule is O=C1OCCN1C1CCN([S+](=O)([O-])c2cccc(C(F)(F)F)c2)CC1. The highest BCUT2D eigenvalue weighted by atomic mass is 32.3. The molecular weight excluding hydrogens is 361 g/mol. The number of sulfonamides is 1. The summed E-state index contributed by atoms with van der Waals surface area (Å²) < 4.78 is 69.7. The van der Waals surface area contributed by atoms with Crippen LogP contribution in [0.1, 0.15) is 18.4 Å². The molecule has 25 heavy (non-hydrogen) atoms. The second-order valence-electron chi connectivity index (χ2n) is 5.97. The molecule has 0 N–H and O–H groups in total. The Bertz CT molecular complexity index is 704. The van der Waals surface area contributed by atoms with E-state index in [-0.39, 0.29) is 24.0 Å². The molecule has 1 aromatic carbocycles. The molecule has 0 radical (unpaired) electrons. The minimum atomic E-state index is -4.60. The molecule has 1 unspecified atom stereocenters. The third-order valence-corrected chi connectivity index (χ3v) is 6.35. The van der Waals surface area contributed by atoms with Crippen molar-refractivity contribution in [2.45, 2.75) is 30.0 Å². The minimum absolute atomic E-state index is 0.108. The number of hydrogen-bond acceptors (Lipinski definition) is 4. The fourth-order valence-electron chi connectivity index (χ4n) is 3.11. The first-order valence-corrected chi connectivity index (χ1v) is 9.24. The van der Waals surface area contributed by atoms with Crippen molar-refractivity contribution < 1.29 is 31.5 Å². The van der Waals surface area contributed by atoms with Crippen LogP contribution in [0.25, 0.3) is 0 Å². The Kier molecular flexibility index (Phi) is 4.78. The zero-order valence-corrected chi connectivity index (χ0v) is 14.0. The third kappa shape index (κ3) is 3.65. The molecule has 138 valence electrons. The van der Waals surface area contributed by atoms with E-state index in [0.717, 1.165) is 18.2 Å². The van der Waals surface area contributed by atoms with E-state index in [4.69, 9.17) is 4.74 Å². The average molecular weight is 378 g/mol. The van der Waals surface area contributed by atoms with Gasteiger partial charge in [0.2, 0.25) is 0 Å². The van der Waals surface area contributed by atoms with Gasteiger partial charge in [-0.15, -0.1) is 4.31 Å². The first-order chi connectivity index (χ1) is 11.7. The molecule has 1 atom stereocenters. The Hall–Kier alpha value is -1.65. The summed E-state index contributed by atoms with van der Waals surface area (Å²) in [5.41, 5.74) is -0.997. The van der Waals surface area contributed by atoms with E-state index in [1.807, 2.05) is 0 Å². The molecule has 2 heterocycles. The number of carbonyl (C=O) groups is 1. The van der Waals surface area contributed by atoms with Gasteiger partial charge in [-0.25, -0.2) is 4.79 Å². The lowest BCUT2D eigenvalue weighted by Crippen LogP contribution is -2.48. The lowest BCUT2D eigenvalue weighted by molar-refractivity contribution is -0.137. The second-order valence-corrected chi connectivity index (χ2v) is 7.91. The van der Waals surface area contributed by atoms with Gasteiger partial charge in [0.1, 0.15) is 6.61 Å². The summed E-state index contributed by atoms with van der Waals surface area (Å²) in [5, 5.41) is 0. The molecule has 0 spiro atoms. The molecule has 2 aliphatic rings. The zero-order chi connectivity index (χ0) is 18.2. The number of cyclic esters (lactones) is 1. The molecule has 0 aliphatic carbocycles. The van der Waals surface area contributed by atoms with Gasteiger partial charge in [-0.2, -0.15) is 13.2 Å². The fourth-order valence-corrected chi connectivity index (χ4v) is 4.63. The molecule has 0 saturated carbocycles. The quantitative estimate of drug-likeness (QED) is 0.758. The number of alkyl halides is 3. The molecule has 3 rings (SSSR count). The van der Waals surface area contributed by atoms with Crippen LogP contribution in [0.2, 0.25) is 0 Å². The van der Waals surface area contributed by atoms with Crippen molar-refractivity contribution in [3.05, 3.63) is 29.8 Å². The van der Waals surface area contributed by atoms with Gasteiger partial charge in [0.05, 0.1) is 12.1 Å². The van der Waals surface area contributed by atoms with E-state index < -0.39 is 28.2 Å². The van der Waals surface area contributed by atoms with Crippen LogP contribution in [0, 0.1) is 0 Å². The van der Waals surface area contributed by atoms with Crippen molar-refractivity contribution in [1.82, 2.24) is 9.21 Å². The predicted octanol–water partition coefficient (Wildman–Crippen LogP) is 2.53. The number of hydrogen-bond donors (Lipinski definition) is 0. The van der Waals surface area contributed by atoms with Gasteiger partial charge in [0.25, 0.3) is 0 Å². The van der Waals surface area contributed by atoms with Crippen LogP contribution in [0.4, 0.5) is 18.0 Å². The molecule has 0 aromatic heterocycles. The van der Waals surface area contributed by atoms with E-state index in [1.54, 1.807) is 4.90 Å². The van der Waals surface area contributed by atoms with E-state index in [0.29, 0.717) is 32.1 Å². The standard InChI is InChI=1S/C15H17F3N2O4S/c16-15(17,18)11-2-1-3-13(10-11)25(22,23)19-6-4-12(5-7-19)20-8-9-24-14(20)21/h1-3,10,12H,4-9H2. The Morgan fingerprint density at radius 2 is 1.88 bits per heavy atom. The highest BCUT2D eigenvalue weighted by Gasteiger charge is 2.39. The fraction of sp³-hybridized carbons (Fsp3) is 0.533. The Balaban J connectivity index is 1.72. The summed E-state index contributed by atoms with van der Waals surface area (Å²) in [4.78, 5) is 12.8. The lowest BCUT2D eigenvalue weighted by Gasteiger charge is -2.36. The molecular formula is C15H17F3N2O4S. The number of amides is 1. The molecule has 6 nitrogen and oxygen atoms in total. The Labute approximate surface area is 143 Å². The van der Waals surface area contributed by atoms with Crippen LogP contribution in [-0.2, 0) is 25.5 Å². The van der Waals surface area contributed by atoms with Crippen molar-refractivity contribution in [3.8, 4) is 0 Å². The normalized spacial score (nSPS) is 22.7. The third-order valence-electron chi connectivity index (χ3n) is 4.46. The van der Waals surface area contributed by atoms with Gasteiger partial charge in [-0.05, 0) is 25.0 Å². The molecule has 1 amide bonds. The van der Waals surface area contributed by atoms with Gasteiger partial charge in [-0.3, -0.25) is 0 Å². The summed E-state index contributed by atoms with van der Waals surface area (Å²) in [6.07, 6.45) is -4.16. The maximum Gasteiger partial charge on any atom is 0.416 e. The molecule has 0 bridgehead atoms. The van der Waals surface area contributed by atoms with Crippen molar-refractivity contribution in [2.75, 3.05) is 26.2 Å². The first kappa shape index (κ1) is 18.2. The Morgan fingerprint density at radius 1 is 1.20 bits per heavy atom. The number of piperidine rings is 1. The van der Waals surface area contributed by atoms with Gasteiger partial charge < -0.3 is 14.2 Å². The number of carbonyl (C=O) groups excluding carboxylic acids is 1. The zero-order valence-electron chi connectivity index (χ0n) is 13.2. The van der Waals surface area contributed by atoms with Crippen LogP contribution < -0.4 is 0 Å². The van der Waals surface area contributed by atoms with Crippen LogP contribution in [-0.4, -0.2) is 52.1 Å². The summed E-state index contributed by atoms with van der Waals surface area (Å²) >= 11 is 0. The van der Waals surface area contributed by atoms with Crippen LogP contribution in [0.3, 0.4) is 0 Å². The summed E-state index contributed by atoms with van der Waals surface area (Å²) in [6, 6.07) is 3.63. The maximum absolute atomic E-state index is 12.8. The molecule has 2 saturated heterocycles.